The molecule has 1 unspecified atom stereocenters. The molecule has 2 heterocycles. The number of carbonyl (C=O) groups is 1. The topological polar surface area (TPSA) is 93.6 Å². The van der Waals surface area contributed by atoms with Crippen LogP contribution in [-0.2, 0) is 16.1 Å². The third kappa shape index (κ3) is 2.95. The van der Waals surface area contributed by atoms with Gasteiger partial charge >= 0.3 is 0 Å². The molecule has 94 valence electrons. The highest BCUT2D eigenvalue weighted by Crippen LogP contribution is 2.06. The molecule has 2 rings (SSSR count). The van der Waals surface area contributed by atoms with Crippen molar-refractivity contribution in [2.45, 2.75) is 12.6 Å². The van der Waals surface area contributed by atoms with Gasteiger partial charge in [0.2, 0.25) is 5.91 Å². The molecule has 1 aliphatic rings. The lowest BCUT2D eigenvalue weighted by molar-refractivity contribution is -0.141. The Balaban J connectivity index is 1.91. The molecular weight excluding hydrogens is 224 g/mol. The third-order valence-corrected chi connectivity index (χ3v) is 2.65. The monoisotopic (exact) mass is 240 g/mol. The summed E-state index contributed by atoms with van der Waals surface area (Å²) in [4.78, 5) is 13.6. The average molecular weight is 240 g/mol. The van der Waals surface area contributed by atoms with Crippen LogP contribution in [0.3, 0.4) is 0 Å². The molecule has 0 saturated carbocycles. The van der Waals surface area contributed by atoms with Crippen molar-refractivity contribution >= 4 is 11.6 Å². The number of rotatable bonds is 3. The van der Waals surface area contributed by atoms with E-state index in [1.807, 2.05) is 0 Å². The lowest BCUT2D eigenvalue weighted by Gasteiger charge is -2.32. The van der Waals surface area contributed by atoms with Gasteiger partial charge in [-0.25, -0.2) is 0 Å². The lowest BCUT2D eigenvalue weighted by atomic mass is 10.3. The Hall–Kier alpha value is -1.60. The van der Waals surface area contributed by atoms with Gasteiger partial charge in [0.25, 0.3) is 0 Å². The Morgan fingerprint density at radius 1 is 1.71 bits per heavy atom. The largest absolute Gasteiger partial charge is 0.396 e. The highest BCUT2D eigenvalue weighted by atomic mass is 16.5. The summed E-state index contributed by atoms with van der Waals surface area (Å²) in [6.45, 7) is 1.52. The van der Waals surface area contributed by atoms with Gasteiger partial charge in [-0.2, -0.15) is 5.10 Å². The summed E-state index contributed by atoms with van der Waals surface area (Å²) in [5.41, 5.74) is 6.05. The molecular formula is C10H16N4O3. The van der Waals surface area contributed by atoms with E-state index in [1.165, 1.54) is 10.9 Å². The van der Waals surface area contributed by atoms with Gasteiger partial charge in [0.15, 0.2) is 0 Å². The predicted octanol–water partition coefficient (Wildman–Crippen LogP) is -1.31. The minimum Gasteiger partial charge on any atom is -0.396 e. The van der Waals surface area contributed by atoms with Crippen LogP contribution in [0.15, 0.2) is 12.4 Å². The summed E-state index contributed by atoms with van der Waals surface area (Å²) >= 11 is 0. The minimum atomic E-state index is -0.282. The van der Waals surface area contributed by atoms with Crippen LogP contribution >= 0.6 is 0 Å². The van der Waals surface area contributed by atoms with Crippen molar-refractivity contribution in [2.75, 3.05) is 32.0 Å². The van der Waals surface area contributed by atoms with Gasteiger partial charge in [-0.3, -0.25) is 9.48 Å². The number of anilines is 1. The zero-order valence-corrected chi connectivity index (χ0v) is 9.45. The highest BCUT2D eigenvalue weighted by molar-refractivity contribution is 5.76. The maximum Gasteiger partial charge on any atom is 0.244 e. The lowest BCUT2D eigenvalue weighted by Crippen LogP contribution is -2.47. The standard InChI is InChI=1S/C10H16N4O3/c11-8-3-12-14(4-8)6-10(16)13-1-2-17-9(5-13)7-15/h3-4,9,15H,1-2,5-7,11H2. The van der Waals surface area contributed by atoms with Crippen LogP contribution in [0.25, 0.3) is 0 Å². The maximum atomic E-state index is 11.9. The van der Waals surface area contributed by atoms with Crippen molar-refractivity contribution in [3.05, 3.63) is 12.4 Å². The fourth-order valence-electron chi connectivity index (χ4n) is 1.76. The zero-order valence-electron chi connectivity index (χ0n) is 9.45. The van der Waals surface area contributed by atoms with Crippen molar-refractivity contribution in [1.82, 2.24) is 14.7 Å². The molecule has 17 heavy (non-hydrogen) atoms. The van der Waals surface area contributed by atoms with Gasteiger partial charge in [-0.05, 0) is 0 Å². The number of amides is 1. The number of aromatic nitrogens is 2. The summed E-state index contributed by atoms with van der Waals surface area (Å²) in [5, 5.41) is 12.9. The highest BCUT2D eigenvalue weighted by Gasteiger charge is 2.23. The first-order valence-electron chi connectivity index (χ1n) is 5.47. The number of nitrogens with two attached hydrogens (primary N) is 1. The van der Waals surface area contributed by atoms with E-state index in [0.717, 1.165) is 0 Å². The minimum absolute atomic E-state index is 0.0464. The van der Waals surface area contributed by atoms with E-state index in [-0.39, 0.29) is 25.2 Å². The Morgan fingerprint density at radius 3 is 3.18 bits per heavy atom. The maximum absolute atomic E-state index is 11.9. The van der Waals surface area contributed by atoms with Crippen LogP contribution < -0.4 is 5.73 Å². The van der Waals surface area contributed by atoms with E-state index >= 15 is 0 Å². The molecule has 0 bridgehead atoms. The molecule has 7 nitrogen and oxygen atoms in total. The second-order valence-corrected chi connectivity index (χ2v) is 3.99. The van der Waals surface area contributed by atoms with Gasteiger partial charge in [-0.15, -0.1) is 0 Å². The molecule has 0 radical (unpaired) electrons. The summed E-state index contributed by atoms with van der Waals surface area (Å²) < 4.78 is 6.78. The fourth-order valence-corrected chi connectivity index (χ4v) is 1.76. The normalized spacial score (nSPS) is 20.5. The summed E-state index contributed by atoms with van der Waals surface area (Å²) in [7, 11) is 0. The van der Waals surface area contributed by atoms with Gasteiger partial charge in [0, 0.05) is 19.3 Å². The van der Waals surface area contributed by atoms with E-state index in [9.17, 15) is 4.79 Å². The molecule has 1 aromatic rings. The molecule has 0 spiro atoms. The molecule has 1 aromatic heterocycles. The van der Waals surface area contributed by atoms with Crippen LogP contribution in [0, 0.1) is 0 Å². The number of nitrogen functional groups attached to an aromatic ring is 1. The quantitative estimate of drug-likeness (QED) is 0.684. The number of hydrogen-bond acceptors (Lipinski definition) is 5. The first kappa shape index (κ1) is 11.9. The van der Waals surface area contributed by atoms with Crippen LogP contribution in [0.1, 0.15) is 0 Å². The van der Waals surface area contributed by atoms with E-state index in [1.54, 1.807) is 11.1 Å². The van der Waals surface area contributed by atoms with Crippen molar-refractivity contribution < 1.29 is 14.6 Å². The Morgan fingerprint density at radius 2 is 2.53 bits per heavy atom. The number of aliphatic hydroxyl groups excluding tert-OH is 1. The van der Waals surface area contributed by atoms with Crippen molar-refractivity contribution in [3.63, 3.8) is 0 Å². The average Bonchev–Trinajstić information content (AvgIpc) is 2.75. The smallest absolute Gasteiger partial charge is 0.244 e. The third-order valence-electron chi connectivity index (χ3n) is 2.65. The van der Waals surface area contributed by atoms with Crippen molar-refractivity contribution in [3.8, 4) is 0 Å². The number of nitrogens with zero attached hydrogens (tertiary/aromatic N) is 3. The fraction of sp³-hybridized carbons (Fsp3) is 0.600. The number of morpholine rings is 1. The first-order chi connectivity index (χ1) is 8.19. The summed E-state index contributed by atoms with van der Waals surface area (Å²) in [6, 6.07) is 0. The Labute approximate surface area is 98.8 Å². The van der Waals surface area contributed by atoms with Crippen LogP contribution in [0.4, 0.5) is 5.69 Å². The number of aliphatic hydroxyl groups is 1. The molecule has 1 aliphatic heterocycles. The summed E-state index contributed by atoms with van der Waals surface area (Å²) in [6.07, 6.45) is 2.83. The Bertz CT molecular complexity index is 393. The SMILES string of the molecule is Nc1cnn(CC(=O)N2CCOC(CO)C2)c1. The van der Waals surface area contributed by atoms with E-state index in [2.05, 4.69) is 5.10 Å². The molecule has 0 aliphatic carbocycles. The van der Waals surface area contributed by atoms with Gasteiger partial charge in [0.05, 0.1) is 31.2 Å². The molecule has 7 heteroatoms. The van der Waals surface area contributed by atoms with Crippen molar-refractivity contribution in [1.29, 1.82) is 0 Å². The van der Waals surface area contributed by atoms with Gasteiger partial charge in [-0.1, -0.05) is 0 Å². The zero-order chi connectivity index (χ0) is 12.3. The molecule has 1 saturated heterocycles. The second-order valence-electron chi connectivity index (χ2n) is 3.99. The van der Waals surface area contributed by atoms with Gasteiger partial charge in [0.1, 0.15) is 6.54 Å². The summed E-state index contributed by atoms with van der Waals surface area (Å²) in [5.74, 6) is -0.0464. The van der Waals surface area contributed by atoms with E-state index in [4.69, 9.17) is 15.6 Å². The molecule has 1 fully saturated rings. The van der Waals surface area contributed by atoms with Crippen LogP contribution in [-0.4, -0.2) is 58.1 Å². The molecule has 1 amide bonds. The van der Waals surface area contributed by atoms with Crippen molar-refractivity contribution in [2.24, 2.45) is 0 Å². The van der Waals surface area contributed by atoms with E-state index < -0.39 is 0 Å². The van der Waals surface area contributed by atoms with E-state index in [0.29, 0.717) is 25.4 Å². The van der Waals surface area contributed by atoms with Crippen LogP contribution in [0.2, 0.25) is 0 Å². The van der Waals surface area contributed by atoms with Crippen LogP contribution in [0.5, 0.6) is 0 Å². The molecule has 3 N–H and O–H groups in total. The number of hydrogen-bond donors (Lipinski definition) is 2. The molecule has 0 aromatic carbocycles. The molecule has 1 atom stereocenters. The Kier molecular flexibility index (Phi) is 3.60. The first-order valence-corrected chi connectivity index (χ1v) is 5.47. The predicted molar refractivity (Wildman–Crippen MR) is 60.0 cm³/mol. The number of carbonyl (C=O) groups excluding carboxylic acids is 1. The number of ether oxygens (including phenoxy) is 1. The second kappa shape index (κ2) is 5.15. The van der Waals surface area contributed by atoms with Gasteiger partial charge < -0.3 is 20.5 Å².